The largest absolute Gasteiger partial charge is 0.460 e. The number of ether oxygens (including phenoxy) is 1. The maximum atomic E-state index is 12.2. The number of thiazole rings is 1. The number of carbonyl (C=O) groups excluding carboxylic acids is 1. The normalized spacial score (nSPS) is 10.6. The monoisotopic (exact) mass is 332 g/mol. The van der Waals surface area contributed by atoms with Crippen LogP contribution in [0.4, 0.5) is 5.69 Å². The van der Waals surface area contributed by atoms with Crippen molar-refractivity contribution >= 4 is 44.7 Å². The van der Waals surface area contributed by atoms with E-state index in [2.05, 4.69) is 4.98 Å². The molecule has 3 rings (SSSR count). The van der Waals surface area contributed by atoms with Gasteiger partial charge in [-0.2, -0.15) is 0 Å². The molecule has 112 valence electrons. The van der Waals surface area contributed by atoms with Gasteiger partial charge in [-0.1, -0.05) is 47.2 Å². The van der Waals surface area contributed by atoms with Gasteiger partial charge >= 0.3 is 0 Å². The fourth-order valence-corrected chi connectivity index (χ4v) is 3.07. The van der Waals surface area contributed by atoms with Crippen LogP contribution in [0, 0.1) is 0 Å². The second-order valence-electron chi connectivity index (χ2n) is 4.64. The van der Waals surface area contributed by atoms with Crippen molar-refractivity contribution in [3.05, 3.63) is 53.6 Å². The number of anilines is 1. The van der Waals surface area contributed by atoms with Crippen LogP contribution in [0.3, 0.4) is 0 Å². The summed E-state index contributed by atoms with van der Waals surface area (Å²) in [5.74, 6) is -0.188. The maximum Gasteiger partial charge on any atom is 0.274 e. The molecule has 4 nitrogen and oxygen atoms in total. The highest BCUT2D eigenvalue weighted by molar-refractivity contribution is 7.20. The zero-order valence-electron chi connectivity index (χ0n) is 11.8. The summed E-state index contributed by atoms with van der Waals surface area (Å²) in [6.45, 7) is -0.0818. The van der Waals surface area contributed by atoms with Gasteiger partial charge in [0.15, 0.2) is 6.61 Å². The van der Waals surface area contributed by atoms with Gasteiger partial charge in [-0.3, -0.25) is 4.79 Å². The van der Waals surface area contributed by atoms with Gasteiger partial charge in [0.2, 0.25) is 0 Å². The van der Waals surface area contributed by atoms with Crippen molar-refractivity contribution in [1.82, 2.24) is 4.98 Å². The predicted molar refractivity (Wildman–Crippen MR) is 90.0 cm³/mol. The van der Waals surface area contributed by atoms with Crippen LogP contribution in [0.25, 0.3) is 10.2 Å². The SMILES string of the molecule is CN(C(=O)COc1nc2ccccc2s1)c1ccccc1Cl. The van der Waals surface area contributed by atoms with E-state index in [1.807, 2.05) is 36.4 Å². The maximum absolute atomic E-state index is 12.2. The van der Waals surface area contributed by atoms with Gasteiger partial charge in [0, 0.05) is 7.05 Å². The summed E-state index contributed by atoms with van der Waals surface area (Å²) in [4.78, 5) is 18.0. The lowest BCUT2D eigenvalue weighted by Crippen LogP contribution is -2.31. The van der Waals surface area contributed by atoms with E-state index in [0.717, 1.165) is 10.2 Å². The van der Waals surface area contributed by atoms with E-state index in [0.29, 0.717) is 15.9 Å². The van der Waals surface area contributed by atoms with E-state index in [-0.39, 0.29) is 12.5 Å². The Bertz CT molecular complexity index is 786. The lowest BCUT2D eigenvalue weighted by molar-refractivity contribution is -0.120. The average molecular weight is 333 g/mol. The minimum Gasteiger partial charge on any atom is -0.460 e. The number of aromatic nitrogens is 1. The number of rotatable bonds is 4. The lowest BCUT2D eigenvalue weighted by atomic mass is 10.3. The van der Waals surface area contributed by atoms with Gasteiger partial charge in [-0.25, -0.2) is 4.98 Å². The molecule has 22 heavy (non-hydrogen) atoms. The summed E-state index contributed by atoms with van der Waals surface area (Å²) in [7, 11) is 1.67. The Labute approximate surface area is 136 Å². The Hall–Kier alpha value is -2.11. The molecule has 3 aromatic rings. The second-order valence-corrected chi connectivity index (χ2v) is 6.04. The molecule has 0 aliphatic carbocycles. The Morgan fingerprint density at radius 1 is 1.23 bits per heavy atom. The van der Waals surface area contributed by atoms with E-state index in [1.165, 1.54) is 16.2 Å². The van der Waals surface area contributed by atoms with E-state index in [9.17, 15) is 4.79 Å². The summed E-state index contributed by atoms with van der Waals surface area (Å²) in [6, 6.07) is 14.9. The third-order valence-corrected chi connectivity index (χ3v) is 4.45. The van der Waals surface area contributed by atoms with Crippen molar-refractivity contribution in [3.8, 4) is 5.19 Å². The van der Waals surface area contributed by atoms with Crippen molar-refractivity contribution in [2.24, 2.45) is 0 Å². The number of hydrogen-bond donors (Lipinski definition) is 0. The quantitative estimate of drug-likeness (QED) is 0.725. The third-order valence-electron chi connectivity index (χ3n) is 3.18. The molecule has 2 aromatic carbocycles. The molecule has 0 saturated carbocycles. The average Bonchev–Trinajstić information content (AvgIpc) is 2.95. The van der Waals surface area contributed by atoms with Gasteiger partial charge in [-0.15, -0.1) is 0 Å². The summed E-state index contributed by atoms with van der Waals surface area (Å²) in [5, 5.41) is 1.01. The van der Waals surface area contributed by atoms with Gasteiger partial charge < -0.3 is 9.64 Å². The van der Waals surface area contributed by atoms with Crippen molar-refractivity contribution in [2.75, 3.05) is 18.6 Å². The summed E-state index contributed by atoms with van der Waals surface area (Å²) in [5.41, 5.74) is 1.52. The van der Waals surface area contributed by atoms with Crippen LogP contribution < -0.4 is 9.64 Å². The molecule has 0 aliphatic rings. The molecule has 0 radical (unpaired) electrons. The molecule has 0 fully saturated rings. The molecule has 0 aliphatic heterocycles. The second kappa shape index (κ2) is 6.34. The van der Waals surface area contributed by atoms with Gasteiger partial charge in [0.05, 0.1) is 20.9 Å². The van der Waals surface area contributed by atoms with E-state index < -0.39 is 0 Å². The number of amides is 1. The number of carbonyl (C=O) groups is 1. The molecule has 1 heterocycles. The van der Waals surface area contributed by atoms with E-state index >= 15 is 0 Å². The minimum absolute atomic E-state index is 0.0818. The highest BCUT2D eigenvalue weighted by Crippen LogP contribution is 2.28. The molecule has 0 spiro atoms. The molecule has 0 atom stereocenters. The van der Waals surface area contributed by atoms with E-state index in [4.69, 9.17) is 16.3 Å². The van der Waals surface area contributed by atoms with Crippen LogP contribution >= 0.6 is 22.9 Å². The Kier molecular flexibility index (Phi) is 4.27. The third kappa shape index (κ3) is 3.05. The Balaban J connectivity index is 1.68. The first-order valence-corrected chi connectivity index (χ1v) is 7.84. The molecular formula is C16H13ClN2O2S. The first-order valence-electron chi connectivity index (χ1n) is 6.64. The highest BCUT2D eigenvalue weighted by atomic mass is 35.5. The van der Waals surface area contributed by atoms with Gasteiger partial charge in [0.25, 0.3) is 11.1 Å². The number of para-hydroxylation sites is 2. The molecular weight excluding hydrogens is 320 g/mol. The molecule has 0 bridgehead atoms. The van der Waals surface area contributed by atoms with Crippen molar-refractivity contribution in [2.45, 2.75) is 0 Å². The smallest absolute Gasteiger partial charge is 0.274 e. The predicted octanol–water partition coefficient (Wildman–Crippen LogP) is 3.99. The fraction of sp³-hybridized carbons (Fsp3) is 0.125. The Morgan fingerprint density at radius 2 is 1.95 bits per heavy atom. The van der Waals surface area contributed by atoms with Gasteiger partial charge in [0.1, 0.15) is 0 Å². The number of halogens is 1. The first-order chi connectivity index (χ1) is 10.6. The lowest BCUT2D eigenvalue weighted by Gasteiger charge is -2.18. The molecule has 0 unspecified atom stereocenters. The standard InChI is InChI=1S/C16H13ClN2O2S/c1-19(13-8-4-2-6-11(13)17)15(20)10-21-16-18-12-7-3-5-9-14(12)22-16/h2-9H,10H2,1H3. The van der Waals surface area contributed by atoms with E-state index in [1.54, 1.807) is 19.2 Å². The summed E-state index contributed by atoms with van der Waals surface area (Å²) < 4.78 is 6.54. The molecule has 1 aromatic heterocycles. The molecule has 0 saturated heterocycles. The van der Waals surface area contributed by atoms with Crippen LogP contribution in [0.1, 0.15) is 0 Å². The number of fused-ring (bicyclic) bond motifs is 1. The molecule has 1 amide bonds. The van der Waals surface area contributed by atoms with Crippen molar-refractivity contribution in [1.29, 1.82) is 0 Å². The number of hydrogen-bond acceptors (Lipinski definition) is 4. The fourth-order valence-electron chi connectivity index (χ4n) is 1.99. The summed E-state index contributed by atoms with van der Waals surface area (Å²) in [6.07, 6.45) is 0. The number of benzene rings is 2. The highest BCUT2D eigenvalue weighted by Gasteiger charge is 2.15. The van der Waals surface area contributed by atoms with Crippen LogP contribution in [-0.2, 0) is 4.79 Å². The Morgan fingerprint density at radius 3 is 2.73 bits per heavy atom. The van der Waals surface area contributed by atoms with Crippen LogP contribution in [0.5, 0.6) is 5.19 Å². The summed E-state index contributed by atoms with van der Waals surface area (Å²) >= 11 is 7.51. The van der Waals surface area contributed by atoms with Crippen molar-refractivity contribution < 1.29 is 9.53 Å². The van der Waals surface area contributed by atoms with Gasteiger partial charge in [-0.05, 0) is 24.3 Å². The zero-order valence-corrected chi connectivity index (χ0v) is 13.4. The number of likely N-dealkylation sites (N-methyl/N-ethyl adjacent to an activating group) is 1. The minimum atomic E-state index is -0.188. The molecule has 6 heteroatoms. The van der Waals surface area contributed by atoms with Crippen LogP contribution in [0.15, 0.2) is 48.5 Å². The van der Waals surface area contributed by atoms with Crippen molar-refractivity contribution in [3.63, 3.8) is 0 Å². The van der Waals surface area contributed by atoms with Crippen LogP contribution in [0.2, 0.25) is 5.02 Å². The first kappa shape index (κ1) is 14.8. The topological polar surface area (TPSA) is 42.4 Å². The van der Waals surface area contributed by atoms with Crippen LogP contribution in [-0.4, -0.2) is 24.5 Å². The number of nitrogens with zero attached hydrogens (tertiary/aromatic N) is 2. The molecule has 0 N–H and O–H groups in total. The zero-order chi connectivity index (χ0) is 15.5.